The SMILES string of the molecule is NCC1CCC(CC2(N)NC(=NCc3ccc(F)cc3Cl)NC=C2[N+](=O)[O-])CC1. The maximum absolute atomic E-state index is 13.2. The number of nitrogens with zero attached hydrogens (tertiary/aromatic N) is 2. The number of benzene rings is 1. The summed E-state index contributed by atoms with van der Waals surface area (Å²) in [6, 6.07) is 4.07. The highest BCUT2D eigenvalue weighted by Crippen LogP contribution is 2.34. The number of guanidine groups is 1. The van der Waals surface area contributed by atoms with Gasteiger partial charge in [0, 0.05) is 5.02 Å². The fourth-order valence-corrected chi connectivity index (χ4v) is 4.20. The van der Waals surface area contributed by atoms with Crippen molar-refractivity contribution in [1.82, 2.24) is 10.6 Å². The lowest BCUT2D eigenvalue weighted by Gasteiger charge is -2.37. The Balaban J connectivity index is 1.73. The highest BCUT2D eigenvalue weighted by atomic mass is 35.5. The summed E-state index contributed by atoms with van der Waals surface area (Å²) >= 11 is 6.04. The Morgan fingerprint density at radius 1 is 1.31 bits per heavy atom. The molecule has 1 aromatic rings. The molecule has 1 atom stereocenters. The number of hydrogen-bond acceptors (Lipinski definition) is 5. The van der Waals surface area contributed by atoms with Gasteiger partial charge in [0.15, 0.2) is 11.6 Å². The molecule has 0 aromatic heterocycles. The summed E-state index contributed by atoms with van der Waals surface area (Å²) in [6.45, 7) is 0.846. The third-order valence-corrected chi connectivity index (χ3v) is 6.03. The fraction of sp³-hybridized carbons (Fsp3) is 0.526. The molecule has 1 saturated carbocycles. The summed E-state index contributed by atoms with van der Waals surface area (Å²) in [4.78, 5) is 15.4. The van der Waals surface area contributed by atoms with Gasteiger partial charge in [-0.05, 0) is 68.2 Å². The van der Waals surface area contributed by atoms with Crippen molar-refractivity contribution in [2.45, 2.75) is 44.3 Å². The summed E-state index contributed by atoms with van der Waals surface area (Å²) in [7, 11) is 0. The number of hydrogen-bond donors (Lipinski definition) is 4. The van der Waals surface area contributed by atoms with Crippen LogP contribution >= 0.6 is 11.6 Å². The third-order valence-electron chi connectivity index (χ3n) is 5.67. The Hall–Kier alpha value is -2.23. The zero-order valence-electron chi connectivity index (χ0n) is 16.0. The van der Waals surface area contributed by atoms with E-state index in [1.165, 1.54) is 18.3 Å². The topological polar surface area (TPSA) is 132 Å². The molecule has 0 bridgehead atoms. The largest absolute Gasteiger partial charge is 0.330 e. The van der Waals surface area contributed by atoms with Gasteiger partial charge in [0.05, 0.1) is 17.7 Å². The van der Waals surface area contributed by atoms with Crippen molar-refractivity contribution in [2.75, 3.05) is 6.54 Å². The van der Waals surface area contributed by atoms with Crippen LogP contribution in [0.25, 0.3) is 0 Å². The molecule has 1 aliphatic carbocycles. The molecule has 1 aromatic carbocycles. The van der Waals surface area contributed by atoms with Crippen LogP contribution in [0.1, 0.15) is 37.7 Å². The fourth-order valence-electron chi connectivity index (χ4n) is 3.97. The minimum absolute atomic E-state index is 0.128. The molecule has 158 valence electrons. The van der Waals surface area contributed by atoms with E-state index in [0.29, 0.717) is 30.4 Å². The second kappa shape index (κ2) is 9.06. The average Bonchev–Trinajstić information content (AvgIpc) is 2.67. The van der Waals surface area contributed by atoms with E-state index < -0.39 is 16.4 Å². The van der Waals surface area contributed by atoms with Gasteiger partial charge >= 0.3 is 5.70 Å². The van der Waals surface area contributed by atoms with E-state index in [0.717, 1.165) is 25.7 Å². The first kappa shape index (κ1) is 21.5. The lowest BCUT2D eigenvalue weighted by atomic mass is 9.77. The monoisotopic (exact) mass is 424 g/mol. The van der Waals surface area contributed by atoms with Crippen molar-refractivity contribution >= 4 is 17.6 Å². The van der Waals surface area contributed by atoms with Crippen LogP contribution in [-0.4, -0.2) is 23.1 Å². The highest BCUT2D eigenvalue weighted by molar-refractivity contribution is 6.31. The molecule has 2 aliphatic rings. The Morgan fingerprint density at radius 2 is 2.00 bits per heavy atom. The highest BCUT2D eigenvalue weighted by Gasteiger charge is 2.44. The van der Waals surface area contributed by atoms with Gasteiger partial charge in [-0.1, -0.05) is 17.7 Å². The molecule has 0 radical (unpaired) electrons. The van der Waals surface area contributed by atoms with Crippen molar-refractivity contribution in [3.63, 3.8) is 0 Å². The first-order valence-corrected chi connectivity index (χ1v) is 10.1. The first-order valence-electron chi connectivity index (χ1n) is 9.68. The van der Waals surface area contributed by atoms with Crippen molar-refractivity contribution in [3.05, 3.63) is 56.6 Å². The Kier molecular flexibility index (Phi) is 6.71. The van der Waals surface area contributed by atoms with Crippen LogP contribution in [0.5, 0.6) is 0 Å². The van der Waals surface area contributed by atoms with Gasteiger partial charge in [0.25, 0.3) is 0 Å². The molecule has 6 N–H and O–H groups in total. The van der Waals surface area contributed by atoms with E-state index in [4.69, 9.17) is 23.1 Å². The number of aliphatic imine (C=N–C) groups is 1. The summed E-state index contributed by atoms with van der Waals surface area (Å²) in [5, 5.41) is 17.6. The van der Waals surface area contributed by atoms with Gasteiger partial charge in [0.1, 0.15) is 5.82 Å². The van der Waals surface area contributed by atoms with Gasteiger partial charge in [0.2, 0.25) is 0 Å². The Bertz CT molecular complexity index is 825. The molecule has 8 nitrogen and oxygen atoms in total. The van der Waals surface area contributed by atoms with Crippen molar-refractivity contribution in [1.29, 1.82) is 0 Å². The molecule has 0 spiro atoms. The molecule has 10 heteroatoms. The van der Waals surface area contributed by atoms with E-state index >= 15 is 0 Å². The smallest absolute Gasteiger partial charge is 0.301 e. The molecule has 1 unspecified atom stereocenters. The summed E-state index contributed by atoms with van der Waals surface area (Å²) in [6.07, 6.45) is 5.62. The number of halogens is 2. The quantitative estimate of drug-likeness (QED) is 0.409. The number of nitro groups is 1. The molecule has 0 amide bonds. The molecule has 1 aliphatic heterocycles. The van der Waals surface area contributed by atoms with E-state index in [2.05, 4.69) is 15.6 Å². The minimum atomic E-state index is -1.33. The van der Waals surface area contributed by atoms with Crippen LogP contribution in [0, 0.1) is 27.8 Å². The summed E-state index contributed by atoms with van der Waals surface area (Å²) in [5.74, 6) is 0.673. The van der Waals surface area contributed by atoms with Crippen molar-refractivity contribution in [2.24, 2.45) is 28.3 Å². The van der Waals surface area contributed by atoms with Crippen LogP contribution in [-0.2, 0) is 6.54 Å². The van der Waals surface area contributed by atoms with Crippen molar-refractivity contribution < 1.29 is 9.31 Å². The third kappa shape index (κ3) is 5.23. The zero-order valence-corrected chi connectivity index (χ0v) is 16.8. The number of nitrogens with one attached hydrogen (secondary N) is 2. The molecule has 0 saturated heterocycles. The minimum Gasteiger partial charge on any atom is -0.330 e. The van der Waals surface area contributed by atoms with Gasteiger partial charge in [-0.2, -0.15) is 0 Å². The predicted molar refractivity (Wildman–Crippen MR) is 110 cm³/mol. The summed E-state index contributed by atoms with van der Waals surface area (Å²) < 4.78 is 13.2. The second-order valence-electron chi connectivity index (χ2n) is 7.75. The van der Waals surface area contributed by atoms with Crippen molar-refractivity contribution in [3.8, 4) is 0 Å². The number of nitrogens with two attached hydrogens (primary N) is 2. The Morgan fingerprint density at radius 3 is 2.62 bits per heavy atom. The van der Waals surface area contributed by atoms with E-state index in [1.807, 2.05) is 0 Å². The van der Waals surface area contributed by atoms with Crippen LogP contribution < -0.4 is 22.1 Å². The standard InChI is InChI=1S/C19H26ClFN6O2/c20-16-7-15(21)6-5-14(16)10-24-18-25-11-17(27(28)29)19(23,26-18)8-12-1-3-13(9-22)4-2-12/h5-7,11-13H,1-4,8-10,22-23H2,(H2,24,25,26). The van der Waals surface area contributed by atoms with Crippen LogP contribution in [0.2, 0.25) is 5.02 Å². The Labute approximate surface area is 173 Å². The lowest BCUT2D eigenvalue weighted by Crippen LogP contribution is -2.64. The second-order valence-corrected chi connectivity index (χ2v) is 8.16. The van der Waals surface area contributed by atoms with Gasteiger partial charge < -0.3 is 16.4 Å². The normalized spacial score (nSPS) is 28.4. The average molecular weight is 425 g/mol. The van der Waals surface area contributed by atoms with Crippen LogP contribution in [0.15, 0.2) is 35.1 Å². The first-order chi connectivity index (χ1) is 13.8. The molecule has 1 fully saturated rings. The van der Waals surface area contributed by atoms with Gasteiger partial charge in [-0.3, -0.25) is 15.8 Å². The molecular weight excluding hydrogens is 399 g/mol. The summed E-state index contributed by atoms with van der Waals surface area (Å²) in [5.41, 5.74) is 11.4. The number of rotatable bonds is 6. The molecule has 3 rings (SSSR count). The predicted octanol–water partition coefficient (Wildman–Crippen LogP) is 2.46. The van der Waals surface area contributed by atoms with Crippen LogP contribution in [0.4, 0.5) is 4.39 Å². The zero-order chi connectivity index (χ0) is 21.0. The maximum atomic E-state index is 13.2. The van der Waals surface area contributed by atoms with Gasteiger partial charge in [-0.25, -0.2) is 9.38 Å². The molecular formula is C19H26ClFN6O2. The molecule has 29 heavy (non-hydrogen) atoms. The van der Waals surface area contributed by atoms with Crippen LogP contribution in [0.3, 0.4) is 0 Å². The van der Waals surface area contributed by atoms with E-state index in [1.54, 1.807) is 6.07 Å². The van der Waals surface area contributed by atoms with E-state index in [9.17, 15) is 14.5 Å². The lowest BCUT2D eigenvalue weighted by molar-refractivity contribution is -0.437. The van der Waals surface area contributed by atoms with E-state index in [-0.39, 0.29) is 23.2 Å². The molecule has 1 heterocycles. The van der Waals surface area contributed by atoms with Gasteiger partial charge in [-0.15, -0.1) is 0 Å². The maximum Gasteiger partial charge on any atom is 0.301 e.